The molecule has 2 aliphatic rings. The van der Waals surface area contributed by atoms with Crippen molar-refractivity contribution in [2.45, 2.75) is 38.6 Å². The van der Waals surface area contributed by atoms with E-state index in [1.54, 1.807) is 0 Å². The van der Waals surface area contributed by atoms with Gasteiger partial charge >= 0.3 is 0 Å². The third-order valence-corrected chi connectivity index (χ3v) is 5.73. The minimum absolute atomic E-state index is 0.0512. The van der Waals surface area contributed by atoms with E-state index in [4.69, 9.17) is 0 Å². The summed E-state index contributed by atoms with van der Waals surface area (Å²) in [4.78, 5) is 48.9. The van der Waals surface area contributed by atoms with Crippen molar-refractivity contribution in [1.82, 2.24) is 10.2 Å². The predicted molar refractivity (Wildman–Crippen MR) is 108 cm³/mol. The number of nitrogens with zero attached hydrogens (tertiary/aromatic N) is 2. The van der Waals surface area contributed by atoms with Crippen molar-refractivity contribution in [3.8, 4) is 0 Å². The fraction of sp³-hybridized carbons (Fsp3) is 0.318. The molecular weight excluding hydrogens is 386 g/mol. The first-order valence-electron chi connectivity index (χ1n) is 9.91. The van der Waals surface area contributed by atoms with Gasteiger partial charge in [0, 0.05) is 6.07 Å². The smallest absolute Gasteiger partial charge is 0.282 e. The number of aryl methyl sites for hydroxylation is 2. The molecular formula is C22H21N3O5. The van der Waals surface area contributed by atoms with Gasteiger partial charge in [-0.2, -0.15) is 0 Å². The predicted octanol–water partition coefficient (Wildman–Crippen LogP) is 2.95. The number of nitrogens with one attached hydrogen (secondary N) is 1. The van der Waals surface area contributed by atoms with Crippen molar-refractivity contribution in [2.24, 2.45) is 0 Å². The molecule has 0 spiro atoms. The lowest BCUT2D eigenvalue weighted by Gasteiger charge is -2.21. The second-order valence-electron chi connectivity index (χ2n) is 7.68. The maximum Gasteiger partial charge on any atom is 0.282 e. The van der Waals surface area contributed by atoms with Gasteiger partial charge in [-0.15, -0.1) is 0 Å². The summed E-state index contributed by atoms with van der Waals surface area (Å²) in [5.74, 6) is -2.02. The third-order valence-electron chi connectivity index (χ3n) is 5.73. The largest absolute Gasteiger partial charge is 0.348 e. The molecule has 0 saturated carbocycles. The van der Waals surface area contributed by atoms with Crippen molar-refractivity contribution in [3.05, 3.63) is 74.3 Å². The molecule has 0 aromatic heterocycles. The molecule has 0 radical (unpaired) electrons. The molecule has 154 valence electrons. The molecule has 1 aliphatic heterocycles. The fourth-order valence-corrected chi connectivity index (χ4v) is 4.15. The lowest BCUT2D eigenvalue weighted by atomic mass is 9.89. The zero-order valence-electron chi connectivity index (χ0n) is 16.5. The lowest BCUT2D eigenvalue weighted by Crippen LogP contribution is -2.41. The van der Waals surface area contributed by atoms with Gasteiger partial charge in [0.25, 0.3) is 17.5 Å². The Morgan fingerprint density at radius 1 is 1.13 bits per heavy atom. The van der Waals surface area contributed by atoms with Gasteiger partial charge in [0.05, 0.1) is 16.5 Å². The van der Waals surface area contributed by atoms with E-state index in [0.29, 0.717) is 0 Å². The molecule has 1 heterocycles. The standard InChI is InChI=1S/C22H21N3O5/c1-13(15-10-9-14-5-2-3-6-16(14)11-15)23-19(26)12-24-21(27)17-7-4-8-18(25(29)30)20(17)22(24)28/h4,7-11,13H,2-3,5-6,12H2,1H3,(H,23,26). The van der Waals surface area contributed by atoms with Crippen molar-refractivity contribution in [1.29, 1.82) is 0 Å². The highest BCUT2D eigenvalue weighted by atomic mass is 16.6. The average molecular weight is 407 g/mol. The minimum Gasteiger partial charge on any atom is -0.348 e. The quantitative estimate of drug-likeness (QED) is 0.466. The van der Waals surface area contributed by atoms with Gasteiger partial charge in [0.2, 0.25) is 5.91 Å². The van der Waals surface area contributed by atoms with Crippen LogP contribution in [0.1, 0.15) is 63.2 Å². The maximum atomic E-state index is 12.6. The van der Waals surface area contributed by atoms with E-state index in [-0.39, 0.29) is 17.2 Å². The van der Waals surface area contributed by atoms with Crippen LogP contribution in [-0.2, 0) is 17.6 Å². The summed E-state index contributed by atoms with van der Waals surface area (Å²) in [7, 11) is 0. The molecule has 3 amide bonds. The Morgan fingerprint density at radius 2 is 1.87 bits per heavy atom. The monoisotopic (exact) mass is 407 g/mol. The van der Waals surface area contributed by atoms with Crippen LogP contribution >= 0.6 is 0 Å². The van der Waals surface area contributed by atoms with Crippen LogP contribution < -0.4 is 5.32 Å². The Hall–Kier alpha value is -3.55. The number of carbonyl (C=O) groups is 3. The first-order valence-corrected chi connectivity index (χ1v) is 9.91. The van der Waals surface area contributed by atoms with Crippen LogP contribution in [0.3, 0.4) is 0 Å². The number of benzene rings is 2. The minimum atomic E-state index is -0.820. The van der Waals surface area contributed by atoms with Gasteiger partial charge in [-0.1, -0.05) is 24.3 Å². The summed E-state index contributed by atoms with van der Waals surface area (Å²) in [6, 6.07) is 9.77. The maximum absolute atomic E-state index is 12.6. The van der Waals surface area contributed by atoms with Crippen LogP contribution in [0.2, 0.25) is 0 Å². The number of imide groups is 1. The van der Waals surface area contributed by atoms with Gasteiger partial charge in [-0.05, 0) is 55.4 Å². The first kappa shape index (κ1) is 19.8. The van der Waals surface area contributed by atoms with E-state index < -0.39 is 34.9 Å². The van der Waals surface area contributed by atoms with Crippen LogP contribution in [0.4, 0.5) is 5.69 Å². The third kappa shape index (κ3) is 3.45. The second kappa shape index (κ2) is 7.70. The summed E-state index contributed by atoms with van der Waals surface area (Å²) >= 11 is 0. The van der Waals surface area contributed by atoms with E-state index in [1.165, 1.54) is 35.7 Å². The summed E-state index contributed by atoms with van der Waals surface area (Å²) in [5, 5.41) is 14.0. The summed E-state index contributed by atoms with van der Waals surface area (Å²) < 4.78 is 0. The average Bonchev–Trinajstić information content (AvgIpc) is 2.98. The van der Waals surface area contributed by atoms with Crippen molar-refractivity contribution < 1.29 is 19.3 Å². The molecule has 1 aliphatic carbocycles. The molecule has 0 fully saturated rings. The fourth-order valence-electron chi connectivity index (χ4n) is 4.15. The van der Waals surface area contributed by atoms with Crippen molar-refractivity contribution >= 4 is 23.4 Å². The second-order valence-corrected chi connectivity index (χ2v) is 7.68. The Morgan fingerprint density at radius 3 is 2.60 bits per heavy atom. The van der Waals surface area contributed by atoms with E-state index >= 15 is 0 Å². The van der Waals surface area contributed by atoms with Crippen LogP contribution in [-0.4, -0.2) is 34.1 Å². The molecule has 8 nitrogen and oxygen atoms in total. The van der Waals surface area contributed by atoms with Gasteiger partial charge in [0.1, 0.15) is 12.1 Å². The normalized spacial score (nSPS) is 16.1. The molecule has 1 atom stereocenters. The molecule has 1 N–H and O–H groups in total. The molecule has 1 unspecified atom stereocenters. The molecule has 0 bridgehead atoms. The Kier molecular flexibility index (Phi) is 5.07. The molecule has 4 rings (SSSR count). The van der Waals surface area contributed by atoms with E-state index in [2.05, 4.69) is 17.4 Å². The molecule has 0 saturated heterocycles. The Labute approximate surface area is 173 Å². The summed E-state index contributed by atoms with van der Waals surface area (Å²) in [5.41, 5.74) is 2.86. The number of rotatable bonds is 5. The molecule has 2 aromatic carbocycles. The number of hydrogen-bond donors (Lipinski definition) is 1. The zero-order valence-corrected chi connectivity index (χ0v) is 16.5. The first-order chi connectivity index (χ1) is 14.4. The Balaban J connectivity index is 1.47. The number of fused-ring (bicyclic) bond motifs is 2. The van der Waals surface area contributed by atoms with Gasteiger partial charge < -0.3 is 5.32 Å². The SMILES string of the molecule is CC(NC(=O)CN1C(=O)c2cccc([N+](=O)[O-])c2C1=O)c1ccc2c(c1)CCCC2. The number of amides is 3. The highest BCUT2D eigenvalue weighted by Crippen LogP contribution is 2.30. The number of carbonyl (C=O) groups excluding carboxylic acids is 3. The highest BCUT2D eigenvalue weighted by molar-refractivity contribution is 6.24. The van der Waals surface area contributed by atoms with Crippen molar-refractivity contribution in [2.75, 3.05) is 6.54 Å². The molecule has 8 heteroatoms. The van der Waals surface area contributed by atoms with Crippen LogP contribution in [0.25, 0.3) is 0 Å². The van der Waals surface area contributed by atoms with Crippen molar-refractivity contribution in [3.63, 3.8) is 0 Å². The summed E-state index contributed by atoms with van der Waals surface area (Å²) in [6.45, 7) is 1.36. The molecule has 2 aromatic rings. The van der Waals surface area contributed by atoms with Gasteiger partial charge in [-0.25, -0.2) is 0 Å². The van der Waals surface area contributed by atoms with Crippen LogP contribution in [0.15, 0.2) is 36.4 Å². The van der Waals surface area contributed by atoms with Crippen LogP contribution in [0, 0.1) is 10.1 Å². The zero-order chi connectivity index (χ0) is 21.4. The van der Waals surface area contributed by atoms with Gasteiger partial charge in [0.15, 0.2) is 0 Å². The number of nitro benzene ring substituents is 1. The van der Waals surface area contributed by atoms with Gasteiger partial charge in [-0.3, -0.25) is 29.4 Å². The van der Waals surface area contributed by atoms with E-state index in [0.717, 1.165) is 29.7 Å². The lowest BCUT2D eigenvalue weighted by molar-refractivity contribution is -0.385. The Bertz CT molecular complexity index is 1080. The van der Waals surface area contributed by atoms with Crippen LogP contribution in [0.5, 0.6) is 0 Å². The van der Waals surface area contributed by atoms with E-state index in [9.17, 15) is 24.5 Å². The topological polar surface area (TPSA) is 110 Å². The van der Waals surface area contributed by atoms with E-state index in [1.807, 2.05) is 13.0 Å². The summed E-state index contributed by atoms with van der Waals surface area (Å²) in [6.07, 6.45) is 4.44. The molecule has 30 heavy (non-hydrogen) atoms. The highest BCUT2D eigenvalue weighted by Gasteiger charge is 2.41. The number of hydrogen-bond acceptors (Lipinski definition) is 5. The number of nitro groups is 1.